The molecule has 0 aromatic heterocycles. The standard InChI is InChI=1S/C16H13BrN2O2S/c17-10-1-5-12(6-2-10)19-15(20)9-14(16(19)21)22-13-7-3-11(18)4-8-13/h1-8,14H,9,18H2. The molecule has 1 saturated heterocycles. The summed E-state index contributed by atoms with van der Waals surface area (Å²) in [7, 11) is 0. The number of carbonyl (C=O) groups is 2. The molecule has 2 aromatic rings. The summed E-state index contributed by atoms with van der Waals surface area (Å²) in [6.45, 7) is 0. The van der Waals surface area contributed by atoms with Crippen molar-refractivity contribution in [3.05, 3.63) is 53.0 Å². The molecule has 2 amide bonds. The molecule has 0 bridgehead atoms. The number of amides is 2. The van der Waals surface area contributed by atoms with Crippen LogP contribution in [0.4, 0.5) is 11.4 Å². The highest BCUT2D eigenvalue weighted by molar-refractivity contribution is 9.10. The van der Waals surface area contributed by atoms with E-state index in [0.29, 0.717) is 11.4 Å². The van der Waals surface area contributed by atoms with Crippen molar-refractivity contribution in [2.75, 3.05) is 10.6 Å². The summed E-state index contributed by atoms with van der Waals surface area (Å²) in [5.74, 6) is -0.339. The topological polar surface area (TPSA) is 63.4 Å². The number of benzene rings is 2. The van der Waals surface area contributed by atoms with Gasteiger partial charge >= 0.3 is 0 Å². The Morgan fingerprint density at radius 2 is 1.68 bits per heavy atom. The number of anilines is 2. The van der Waals surface area contributed by atoms with Crippen molar-refractivity contribution >= 4 is 50.9 Å². The molecule has 1 heterocycles. The van der Waals surface area contributed by atoms with E-state index in [4.69, 9.17) is 5.73 Å². The highest BCUT2D eigenvalue weighted by Gasteiger charge is 2.40. The molecular formula is C16H13BrN2O2S. The number of nitrogen functional groups attached to an aromatic ring is 1. The number of rotatable bonds is 3. The van der Waals surface area contributed by atoms with Crippen LogP contribution in [0.5, 0.6) is 0 Å². The van der Waals surface area contributed by atoms with Crippen LogP contribution in [0.25, 0.3) is 0 Å². The van der Waals surface area contributed by atoms with Gasteiger partial charge in [-0.25, -0.2) is 4.90 Å². The molecule has 2 N–H and O–H groups in total. The van der Waals surface area contributed by atoms with Crippen LogP contribution in [-0.4, -0.2) is 17.1 Å². The molecule has 3 rings (SSSR count). The van der Waals surface area contributed by atoms with Crippen LogP contribution in [-0.2, 0) is 9.59 Å². The molecule has 0 spiro atoms. The van der Waals surface area contributed by atoms with Crippen molar-refractivity contribution in [2.24, 2.45) is 0 Å². The molecule has 4 nitrogen and oxygen atoms in total. The molecule has 2 aromatic carbocycles. The second kappa shape index (κ2) is 6.14. The SMILES string of the molecule is Nc1ccc(SC2CC(=O)N(c3ccc(Br)cc3)C2=O)cc1. The van der Waals surface area contributed by atoms with Gasteiger partial charge in [0.15, 0.2) is 0 Å². The van der Waals surface area contributed by atoms with E-state index in [0.717, 1.165) is 9.37 Å². The Morgan fingerprint density at radius 1 is 1.05 bits per heavy atom. The molecule has 1 fully saturated rings. The van der Waals surface area contributed by atoms with Crippen LogP contribution in [0.2, 0.25) is 0 Å². The van der Waals surface area contributed by atoms with E-state index in [9.17, 15) is 9.59 Å². The second-order valence-corrected chi connectivity index (χ2v) is 7.12. The van der Waals surface area contributed by atoms with Gasteiger partial charge in [-0.05, 0) is 48.5 Å². The Kier molecular flexibility index (Phi) is 4.22. The molecule has 0 saturated carbocycles. The Balaban J connectivity index is 1.79. The number of imide groups is 1. The normalized spacial score (nSPS) is 18.0. The van der Waals surface area contributed by atoms with E-state index in [1.807, 2.05) is 24.3 Å². The van der Waals surface area contributed by atoms with Gasteiger partial charge in [0.2, 0.25) is 11.8 Å². The van der Waals surface area contributed by atoms with Gasteiger partial charge in [-0.1, -0.05) is 15.9 Å². The summed E-state index contributed by atoms with van der Waals surface area (Å²) in [5, 5.41) is -0.389. The summed E-state index contributed by atoms with van der Waals surface area (Å²) in [6.07, 6.45) is 0.212. The molecule has 1 unspecified atom stereocenters. The summed E-state index contributed by atoms with van der Waals surface area (Å²) in [4.78, 5) is 26.9. The number of nitrogens with zero attached hydrogens (tertiary/aromatic N) is 1. The van der Waals surface area contributed by atoms with E-state index in [1.165, 1.54) is 16.7 Å². The maximum absolute atomic E-state index is 12.5. The number of nitrogens with two attached hydrogens (primary N) is 1. The van der Waals surface area contributed by atoms with Crippen LogP contribution >= 0.6 is 27.7 Å². The van der Waals surface area contributed by atoms with Gasteiger partial charge in [0.25, 0.3) is 0 Å². The molecule has 22 heavy (non-hydrogen) atoms. The summed E-state index contributed by atoms with van der Waals surface area (Å²) < 4.78 is 0.906. The average Bonchev–Trinajstić information content (AvgIpc) is 2.77. The zero-order valence-electron chi connectivity index (χ0n) is 11.5. The maximum atomic E-state index is 12.5. The molecule has 0 radical (unpaired) electrons. The molecule has 1 aliphatic rings. The minimum atomic E-state index is -0.389. The second-order valence-electron chi connectivity index (χ2n) is 4.92. The summed E-state index contributed by atoms with van der Waals surface area (Å²) in [5.41, 5.74) is 6.94. The minimum absolute atomic E-state index is 0.166. The van der Waals surface area contributed by atoms with Crippen molar-refractivity contribution in [2.45, 2.75) is 16.6 Å². The first-order chi connectivity index (χ1) is 10.5. The lowest BCUT2D eigenvalue weighted by Gasteiger charge is -2.15. The van der Waals surface area contributed by atoms with Crippen molar-refractivity contribution in [3.63, 3.8) is 0 Å². The molecule has 1 aliphatic heterocycles. The average molecular weight is 377 g/mol. The molecule has 112 valence electrons. The van der Waals surface area contributed by atoms with Crippen LogP contribution in [0.15, 0.2) is 57.9 Å². The number of hydrogen-bond donors (Lipinski definition) is 1. The first-order valence-corrected chi connectivity index (χ1v) is 8.36. The largest absolute Gasteiger partial charge is 0.399 e. The van der Waals surface area contributed by atoms with E-state index < -0.39 is 0 Å². The number of hydrogen-bond acceptors (Lipinski definition) is 4. The van der Waals surface area contributed by atoms with Gasteiger partial charge < -0.3 is 5.73 Å². The van der Waals surface area contributed by atoms with Gasteiger partial charge in [-0.15, -0.1) is 11.8 Å². The zero-order chi connectivity index (χ0) is 15.7. The van der Waals surface area contributed by atoms with Crippen molar-refractivity contribution in [3.8, 4) is 0 Å². The third kappa shape index (κ3) is 3.03. The zero-order valence-corrected chi connectivity index (χ0v) is 13.9. The summed E-state index contributed by atoms with van der Waals surface area (Å²) >= 11 is 4.74. The highest BCUT2D eigenvalue weighted by Crippen LogP contribution is 2.34. The summed E-state index contributed by atoms with van der Waals surface area (Å²) in [6, 6.07) is 14.4. The van der Waals surface area contributed by atoms with Crippen LogP contribution < -0.4 is 10.6 Å². The van der Waals surface area contributed by atoms with Gasteiger partial charge in [0.1, 0.15) is 0 Å². The van der Waals surface area contributed by atoms with Crippen molar-refractivity contribution in [1.29, 1.82) is 0 Å². The minimum Gasteiger partial charge on any atom is -0.399 e. The van der Waals surface area contributed by atoms with Gasteiger partial charge in [-0.2, -0.15) is 0 Å². The number of carbonyl (C=O) groups excluding carboxylic acids is 2. The van der Waals surface area contributed by atoms with Gasteiger partial charge in [0, 0.05) is 21.5 Å². The molecular weight excluding hydrogens is 364 g/mol. The Bertz CT molecular complexity index is 716. The lowest BCUT2D eigenvalue weighted by molar-refractivity contribution is -0.121. The lowest BCUT2D eigenvalue weighted by atomic mass is 10.3. The monoisotopic (exact) mass is 376 g/mol. The molecule has 1 atom stereocenters. The van der Waals surface area contributed by atoms with E-state index in [-0.39, 0.29) is 23.5 Å². The Hall–Kier alpha value is -1.79. The van der Waals surface area contributed by atoms with Crippen molar-refractivity contribution < 1.29 is 9.59 Å². The Labute approximate surface area is 140 Å². The fraction of sp³-hybridized carbons (Fsp3) is 0.125. The van der Waals surface area contributed by atoms with Gasteiger partial charge in [0.05, 0.1) is 10.9 Å². The third-order valence-electron chi connectivity index (χ3n) is 3.35. The maximum Gasteiger partial charge on any atom is 0.247 e. The highest BCUT2D eigenvalue weighted by atomic mass is 79.9. The van der Waals surface area contributed by atoms with Crippen LogP contribution in [0.3, 0.4) is 0 Å². The predicted molar refractivity (Wildman–Crippen MR) is 91.8 cm³/mol. The molecule has 6 heteroatoms. The van der Waals surface area contributed by atoms with E-state index in [2.05, 4.69) is 15.9 Å². The third-order valence-corrected chi connectivity index (χ3v) is 5.07. The number of thioether (sulfide) groups is 1. The molecule has 0 aliphatic carbocycles. The smallest absolute Gasteiger partial charge is 0.247 e. The van der Waals surface area contributed by atoms with Crippen LogP contribution in [0, 0.1) is 0 Å². The lowest BCUT2D eigenvalue weighted by Crippen LogP contribution is -2.31. The number of halogens is 1. The van der Waals surface area contributed by atoms with E-state index in [1.54, 1.807) is 24.3 Å². The predicted octanol–water partition coefficient (Wildman–Crippen LogP) is 3.46. The van der Waals surface area contributed by atoms with Gasteiger partial charge in [-0.3, -0.25) is 9.59 Å². The first-order valence-electron chi connectivity index (χ1n) is 6.69. The first kappa shape index (κ1) is 15.1. The fourth-order valence-corrected chi connectivity index (χ4v) is 3.59. The van der Waals surface area contributed by atoms with E-state index >= 15 is 0 Å². The fourth-order valence-electron chi connectivity index (χ4n) is 2.27. The Morgan fingerprint density at radius 3 is 2.32 bits per heavy atom. The quantitative estimate of drug-likeness (QED) is 0.657. The van der Waals surface area contributed by atoms with Crippen LogP contribution in [0.1, 0.15) is 6.42 Å². The van der Waals surface area contributed by atoms with Crippen molar-refractivity contribution in [1.82, 2.24) is 0 Å².